The summed E-state index contributed by atoms with van der Waals surface area (Å²) in [7, 11) is 0. The Morgan fingerprint density at radius 2 is 1.71 bits per heavy atom. The van der Waals surface area contributed by atoms with E-state index < -0.39 is 5.41 Å². The van der Waals surface area contributed by atoms with Crippen LogP contribution in [0.15, 0.2) is 42.5 Å². The van der Waals surface area contributed by atoms with Crippen LogP contribution in [-0.2, 0) is 10.2 Å². The van der Waals surface area contributed by atoms with E-state index in [1.54, 1.807) is 0 Å². The molecular formula is C16H14O. The summed E-state index contributed by atoms with van der Waals surface area (Å²) in [5, 5.41) is 0. The Kier molecular flexibility index (Phi) is 1.99. The lowest BCUT2D eigenvalue weighted by Crippen LogP contribution is -2.23. The SMILES string of the molecule is Cc1cccc2c1C(C)(C=O)c1ccccc1-2. The molecule has 3 rings (SSSR count). The van der Waals surface area contributed by atoms with Crippen LogP contribution in [-0.4, -0.2) is 6.29 Å². The van der Waals surface area contributed by atoms with E-state index in [1.807, 2.05) is 19.1 Å². The summed E-state index contributed by atoms with van der Waals surface area (Å²) >= 11 is 0. The van der Waals surface area contributed by atoms with Gasteiger partial charge < -0.3 is 4.79 Å². The lowest BCUT2D eigenvalue weighted by Gasteiger charge is -2.21. The third-order valence-electron chi connectivity index (χ3n) is 3.80. The summed E-state index contributed by atoms with van der Waals surface area (Å²) in [6, 6.07) is 14.4. The highest BCUT2D eigenvalue weighted by molar-refractivity contribution is 5.92. The van der Waals surface area contributed by atoms with Gasteiger partial charge in [-0.15, -0.1) is 0 Å². The highest BCUT2D eigenvalue weighted by Gasteiger charge is 2.39. The van der Waals surface area contributed by atoms with E-state index in [9.17, 15) is 4.79 Å². The Balaban J connectivity index is 2.46. The van der Waals surface area contributed by atoms with E-state index in [-0.39, 0.29) is 0 Å². The number of carbonyl (C=O) groups is 1. The Morgan fingerprint density at radius 1 is 1.00 bits per heavy atom. The summed E-state index contributed by atoms with van der Waals surface area (Å²) < 4.78 is 0. The minimum Gasteiger partial charge on any atom is -0.302 e. The molecule has 1 nitrogen and oxygen atoms in total. The predicted molar refractivity (Wildman–Crippen MR) is 69.1 cm³/mol. The van der Waals surface area contributed by atoms with Crippen LogP contribution < -0.4 is 0 Å². The van der Waals surface area contributed by atoms with E-state index in [0.717, 1.165) is 17.4 Å². The van der Waals surface area contributed by atoms with E-state index in [0.29, 0.717) is 0 Å². The van der Waals surface area contributed by atoms with Crippen molar-refractivity contribution in [3.8, 4) is 11.1 Å². The zero-order valence-corrected chi connectivity index (χ0v) is 10.0. The fraction of sp³-hybridized carbons (Fsp3) is 0.188. The Labute approximate surface area is 101 Å². The molecule has 0 radical (unpaired) electrons. The van der Waals surface area contributed by atoms with Crippen molar-refractivity contribution in [1.29, 1.82) is 0 Å². The summed E-state index contributed by atoms with van der Waals surface area (Å²) in [5.41, 5.74) is 5.39. The van der Waals surface area contributed by atoms with Crippen molar-refractivity contribution in [3.63, 3.8) is 0 Å². The van der Waals surface area contributed by atoms with Crippen molar-refractivity contribution in [2.75, 3.05) is 0 Å². The van der Waals surface area contributed by atoms with Crippen molar-refractivity contribution in [2.24, 2.45) is 0 Å². The molecule has 0 bridgehead atoms. The molecule has 0 saturated heterocycles. The summed E-state index contributed by atoms with van der Waals surface area (Å²) in [5.74, 6) is 0. The topological polar surface area (TPSA) is 17.1 Å². The molecule has 2 aromatic rings. The predicted octanol–water partition coefficient (Wildman–Crippen LogP) is 3.48. The van der Waals surface area contributed by atoms with Crippen molar-refractivity contribution in [3.05, 3.63) is 59.2 Å². The molecule has 0 spiro atoms. The first-order chi connectivity index (χ1) is 8.18. The van der Waals surface area contributed by atoms with Crippen molar-refractivity contribution in [1.82, 2.24) is 0 Å². The van der Waals surface area contributed by atoms with Crippen molar-refractivity contribution >= 4 is 6.29 Å². The Hall–Kier alpha value is -1.89. The molecule has 0 aromatic heterocycles. The number of benzene rings is 2. The Bertz CT molecular complexity index is 613. The van der Waals surface area contributed by atoms with Crippen LogP contribution in [0.2, 0.25) is 0 Å². The zero-order valence-electron chi connectivity index (χ0n) is 10.0. The molecule has 0 aliphatic heterocycles. The minimum atomic E-state index is -0.489. The van der Waals surface area contributed by atoms with Gasteiger partial charge in [0.25, 0.3) is 0 Å². The average Bonchev–Trinajstić information content (AvgIpc) is 2.63. The van der Waals surface area contributed by atoms with Crippen LogP contribution in [0.25, 0.3) is 11.1 Å². The summed E-state index contributed by atoms with van der Waals surface area (Å²) in [4.78, 5) is 11.6. The molecule has 0 saturated carbocycles. The smallest absolute Gasteiger partial charge is 0.134 e. The van der Waals surface area contributed by atoms with Gasteiger partial charge in [0.2, 0.25) is 0 Å². The van der Waals surface area contributed by atoms with Crippen molar-refractivity contribution < 1.29 is 4.79 Å². The first-order valence-electron chi connectivity index (χ1n) is 5.85. The second kappa shape index (κ2) is 3.30. The highest BCUT2D eigenvalue weighted by Crippen LogP contribution is 2.48. The third-order valence-corrected chi connectivity index (χ3v) is 3.80. The van der Waals surface area contributed by atoms with Gasteiger partial charge in [-0.2, -0.15) is 0 Å². The monoisotopic (exact) mass is 222 g/mol. The molecule has 0 N–H and O–H groups in total. The number of carbonyl (C=O) groups excluding carboxylic acids is 1. The first kappa shape index (κ1) is 10.3. The molecule has 2 aromatic carbocycles. The average molecular weight is 222 g/mol. The fourth-order valence-electron chi connectivity index (χ4n) is 3.01. The number of aldehydes is 1. The van der Waals surface area contributed by atoms with Crippen LogP contribution in [0.4, 0.5) is 0 Å². The number of aryl methyl sites for hydroxylation is 1. The molecule has 17 heavy (non-hydrogen) atoms. The molecule has 0 amide bonds. The van der Waals surface area contributed by atoms with Gasteiger partial charge >= 0.3 is 0 Å². The van der Waals surface area contributed by atoms with E-state index in [2.05, 4.69) is 37.3 Å². The molecule has 0 fully saturated rings. The van der Waals surface area contributed by atoms with E-state index >= 15 is 0 Å². The fourth-order valence-corrected chi connectivity index (χ4v) is 3.01. The van der Waals surface area contributed by atoms with Gasteiger partial charge in [-0.25, -0.2) is 0 Å². The molecule has 0 heterocycles. The Morgan fingerprint density at radius 3 is 2.47 bits per heavy atom. The standard InChI is InChI=1S/C16H14O/c1-11-6-5-8-13-12-7-3-4-9-14(12)16(2,10-17)15(11)13/h3-10H,1-2H3. The first-order valence-corrected chi connectivity index (χ1v) is 5.85. The lowest BCUT2D eigenvalue weighted by atomic mass is 9.80. The molecule has 1 aliphatic carbocycles. The van der Waals surface area contributed by atoms with Crippen LogP contribution in [0.5, 0.6) is 0 Å². The second-order valence-electron chi connectivity index (χ2n) is 4.86. The quantitative estimate of drug-likeness (QED) is 0.675. The van der Waals surface area contributed by atoms with Gasteiger partial charge in [0.05, 0.1) is 5.41 Å². The molecule has 1 unspecified atom stereocenters. The molecule has 1 atom stereocenters. The van der Waals surface area contributed by atoms with Crippen LogP contribution in [0.3, 0.4) is 0 Å². The second-order valence-corrected chi connectivity index (χ2v) is 4.86. The largest absolute Gasteiger partial charge is 0.302 e. The van der Waals surface area contributed by atoms with Gasteiger partial charge in [0.1, 0.15) is 6.29 Å². The molecule has 84 valence electrons. The van der Waals surface area contributed by atoms with E-state index in [1.165, 1.54) is 16.7 Å². The summed E-state index contributed by atoms with van der Waals surface area (Å²) in [6.45, 7) is 4.09. The van der Waals surface area contributed by atoms with Gasteiger partial charge in [0.15, 0.2) is 0 Å². The normalized spacial score (nSPS) is 20.8. The number of hydrogen-bond acceptors (Lipinski definition) is 1. The zero-order chi connectivity index (χ0) is 12.0. The van der Waals surface area contributed by atoms with E-state index in [4.69, 9.17) is 0 Å². The van der Waals surface area contributed by atoms with Crippen LogP contribution in [0, 0.1) is 6.92 Å². The number of fused-ring (bicyclic) bond motifs is 3. The minimum absolute atomic E-state index is 0.489. The number of hydrogen-bond donors (Lipinski definition) is 0. The van der Waals surface area contributed by atoms with Gasteiger partial charge in [0, 0.05) is 0 Å². The maximum atomic E-state index is 11.6. The number of rotatable bonds is 1. The maximum Gasteiger partial charge on any atom is 0.134 e. The van der Waals surface area contributed by atoms with Gasteiger partial charge in [-0.3, -0.25) is 0 Å². The van der Waals surface area contributed by atoms with Crippen LogP contribution >= 0.6 is 0 Å². The van der Waals surface area contributed by atoms with Gasteiger partial charge in [-0.05, 0) is 41.7 Å². The third kappa shape index (κ3) is 1.17. The highest BCUT2D eigenvalue weighted by atomic mass is 16.1. The van der Waals surface area contributed by atoms with Gasteiger partial charge in [-0.1, -0.05) is 42.5 Å². The maximum absolute atomic E-state index is 11.6. The molecule has 1 aliphatic rings. The molecular weight excluding hydrogens is 208 g/mol. The van der Waals surface area contributed by atoms with Crippen molar-refractivity contribution in [2.45, 2.75) is 19.3 Å². The summed E-state index contributed by atoms with van der Waals surface area (Å²) in [6.07, 6.45) is 1.07. The lowest BCUT2D eigenvalue weighted by molar-refractivity contribution is -0.110. The van der Waals surface area contributed by atoms with Crippen LogP contribution in [0.1, 0.15) is 23.6 Å². The molecule has 1 heteroatoms.